The number of fused-ring (bicyclic) bond motifs is 1. The Kier molecular flexibility index (Phi) is 4.19. The van der Waals surface area contributed by atoms with Crippen molar-refractivity contribution in [1.82, 2.24) is 14.4 Å². The van der Waals surface area contributed by atoms with Gasteiger partial charge in [-0.25, -0.2) is 9.78 Å². The first-order valence-corrected chi connectivity index (χ1v) is 8.32. The van der Waals surface area contributed by atoms with Gasteiger partial charge in [-0.05, 0) is 42.3 Å². The van der Waals surface area contributed by atoms with Crippen molar-refractivity contribution < 1.29 is 9.53 Å². The van der Waals surface area contributed by atoms with Gasteiger partial charge in [0.2, 0.25) is 0 Å². The maximum Gasteiger partial charge on any atom is 0.359 e. The third-order valence-electron chi connectivity index (χ3n) is 4.16. The van der Waals surface area contributed by atoms with Crippen LogP contribution in [0.1, 0.15) is 33.3 Å². The molecule has 3 aromatic heterocycles. The van der Waals surface area contributed by atoms with Crippen molar-refractivity contribution in [3.05, 3.63) is 102 Å². The molecule has 0 saturated carbocycles. The molecule has 0 fully saturated rings. The molecule has 0 aliphatic carbocycles. The van der Waals surface area contributed by atoms with Crippen LogP contribution >= 0.6 is 0 Å². The van der Waals surface area contributed by atoms with Gasteiger partial charge in [0, 0.05) is 30.4 Å². The molecule has 1 aromatic carbocycles. The van der Waals surface area contributed by atoms with Crippen LogP contribution in [-0.2, 0) is 4.74 Å². The molecule has 4 aromatic rings. The fraction of sp³-hybridized carbons (Fsp3) is 0.0952. The third-order valence-corrected chi connectivity index (χ3v) is 4.16. The van der Waals surface area contributed by atoms with Gasteiger partial charge in [0.25, 0.3) is 0 Å². The van der Waals surface area contributed by atoms with Gasteiger partial charge in [0.1, 0.15) is 5.65 Å². The van der Waals surface area contributed by atoms with Crippen LogP contribution in [0.2, 0.25) is 0 Å². The minimum atomic E-state index is -0.516. The van der Waals surface area contributed by atoms with E-state index in [0.717, 1.165) is 22.3 Å². The van der Waals surface area contributed by atoms with Gasteiger partial charge in [-0.1, -0.05) is 30.3 Å². The van der Waals surface area contributed by atoms with Crippen molar-refractivity contribution in [2.24, 2.45) is 0 Å². The molecule has 0 saturated heterocycles. The zero-order valence-corrected chi connectivity index (χ0v) is 14.2. The van der Waals surface area contributed by atoms with E-state index in [9.17, 15) is 4.79 Å². The van der Waals surface area contributed by atoms with Crippen molar-refractivity contribution in [3.8, 4) is 0 Å². The minimum absolute atomic E-state index is 0.283. The number of carbonyl (C=O) groups is 1. The molecule has 4 rings (SSSR count). The zero-order valence-electron chi connectivity index (χ0n) is 14.2. The third kappa shape index (κ3) is 3.19. The minimum Gasteiger partial charge on any atom is -0.448 e. The number of esters is 1. The molecule has 0 amide bonds. The Bertz CT molecular complexity index is 1000. The van der Waals surface area contributed by atoms with E-state index in [-0.39, 0.29) is 5.69 Å². The van der Waals surface area contributed by atoms with Crippen molar-refractivity contribution in [1.29, 1.82) is 0 Å². The van der Waals surface area contributed by atoms with E-state index < -0.39 is 12.1 Å². The van der Waals surface area contributed by atoms with E-state index in [1.165, 1.54) is 0 Å². The smallest absolute Gasteiger partial charge is 0.359 e. The number of nitrogens with zero attached hydrogens (tertiary/aromatic N) is 3. The largest absolute Gasteiger partial charge is 0.448 e. The molecular weight excluding hydrogens is 326 g/mol. The summed E-state index contributed by atoms with van der Waals surface area (Å²) >= 11 is 0. The molecule has 0 aliphatic rings. The highest BCUT2D eigenvalue weighted by atomic mass is 16.5. The highest BCUT2D eigenvalue weighted by Crippen LogP contribution is 2.26. The van der Waals surface area contributed by atoms with Gasteiger partial charge in [-0.2, -0.15) is 0 Å². The highest BCUT2D eigenvalue weighted by Gasteiger charge is 2.21. The van der Waals surface area contributed by atoms with Crippen molar-refractivity contribution >= 4 is 11.6 Å². The van der Waals surface area contributed by atoms with E-state index in [1.807, 2.05) is 72.1 Å². The van der Waals surface area contributed by atoms with Gasteiger partial charge >= 0.3 is 5.97 Å². The summed E-state index contributed by atoms with van der Waals surface area (Å²) in [4.78, 5) is 21.2. The maximum absolute atomic E-state index is 12.7. The second-order valence-corrected chi connectivity index (χ2v) is 6.07. The number of aromatic nitrogens is 3. The monoisotopic (exact) mass is 343 g/mol. The Morgan fingerprint density at radius 2 is 1.77 bits per heavy atom. The number of ether oxygens (including phenoxy) is 1. The van der Waals surface area contributed by atoms with Gasteiger partial charge in [0.05, 0.1) is 0 Å². The molecule has 0 unspecified atom stereocenters. The summed E-state index contributed by atoms with van der Waals surface area (Å²) in [5, 5.41) is 0. The summed E-state index contributed by atoms with van der Waals surface area (Å²) in [5.41, 5.74) is 3.84. The fourth-order valence-corrected chi connectivity index (χ4v) is 2.84. The Morgan fingerprint density at radius 3 is 2.54 bits per heavy atom. The van der Waals surface area contributed by atoms with E-state index in [2.05, 4.69) is 9.97 Å². The second kappa shape index (κ2) is 6.80. The van der Waals surface area contributed by atoms with Crippen LogP contribution in [0.5, 0.6) is 0 Å². The number of carbonyl (C=O) groups excluding carboxylic acids is 1. The van der Waals surface area contributed by atoms with Crippen LogP contribution in [0.3, 0.4) is 0 Å². The normalized spacial score (nSPS) is 12.0. The number of aryl methyl sites for hydroxylation is 1. The van der Waals surface area contributed by atoms with Crippen LogP contribution in [0, 0.1) is 6.92 Å². The molecule has 0 radical (unpaired) electrons. The molecule has 5 nitrogen and oxygen atoms in total. The molecule has 0 spiro atoms. The number of hydrogen-bond acceptors (Lipinski definition) is 4. The Balaban J connectivity index is 1.67. The molecule has 1 atom stereocenters. The Labute approximate surface area is 150 Å². The molecule has 0 bridgehead atoms. The summed E-state index contributed by atoms with van der Waals surface area (Å²) in [5.74, 6) is -0.461. The molecule has 128 valence electrons. The maximum atomic E-state index is 12.7. The lowest BCUT2D eigenvalue weighted by atomic mass is 10.0. The van der Waals surface area contributed by atoms with E-state index in [0.29, 0.717) is 0 Å². The SMILES string of the molecule is Cc1ccn2cc(C(=O)O[C@H](c3ccccc3)c3ccncc3)nc2c1. The Hall–Kier alpha value is -3.47. The van der Waals surface area contributed by atoms with Gasteiger partial charge < -0.3 is 9.14 Å². The van der Waals surface area contributed by atoms with Crippen LogP contribution in [0.25, 0.3) is 5.65 Å². The molecular formula is C21H17N3O2. The number of hydrogen-bond donors (Lipinski definition) is 0. The fourth-order valence-electron chi connectivity index (χ4n) is 2.84. The number of pyridine rings is 2. The number of benzene rings is 1. The summed E-state index contributed by atoms with van der Waals surface area (Å²) < 4.78 is 7.64. The van der Waals surface area contributed by atoms with Crippen LogP contribution in [0.4, 0.5) is 0 Å². The molecule has 0 aliphatic heterocycles. The summed E-state index contributed by atoms with van der Waals surface area (Å²) in [7, 11) is 0. The standard InChI is InChI=1S/C21H17N3O2/c1-15-9-12-24-14-18(23-19(24)13-15)21(25)26-20(16-5-3-2-4-6-16)17-7-10-22-11-8-17/h2-14,20H,1H3/t20-/m1/s1. The first-order chi connectivity index (χ1) is 12.7. The van der Waals surface area contributed by atoms with Gasteiger partial charge in [-0.3, -0.25) is 4.98 Å². The lowest BCUT2D eigenvalue weighted by Crippen LogP contribution is -2.13. The van der Waals surface area contributed by atoms with E-state index >= 15 is 0 Å². The summed E-state index contributed by atoms with van der Waals surface area (Å²) in [6.07, 6.45) is 6.43. The molecule has 5 heteroatoms. The summed E-state index contributed by atoms with van der Waals surface area (Å²) in [6, 6.07) is 17.2. The zero-order chi connectivity index (χ0) is 17.9. The average molecular weight is 343 g/mol. The predicted molar refractivity (Wildman–Crippen MR) is 97.9 cm³/mol. The lowest BCUT2D eigenvalue weighted by Gasteiger charge is -2.18. The number of rotatable bonds is 4. The van der Waals surface area contributed by atoms with E-state index in [4.69, 9.17) is 4.74 Å². The highest BCUT2D eigenvalue weighted by molar-refractivity contribution is 5.88. The molecule has 0 N–H and O–H groups in total. The van der Waals surface area contributed by atoms with Crippen molar-refractivity contribution in [2.45, 2.75) is 13.0 Å². The average Bonchev–Trinajstić information content (AvgIpc) is 3.10. The first kappa shape index (κ1) is 16.0. The lowest BCUT2D eigenvalue weighted by molar-refractivity contribution is 0.0371. The summed E-state index contributed by atoms with van der Waals surface area (Å²) in [6.45, 7) is 1.99. The Morgan fingerprint density at radius 1 is 1.04 bits per heavy atom. The molecule has 26 heavy (non-hydrogen) atoms. The topological polar surface area (TPSA) is 56.5 Å². The van der Waals surface area contributed by atoms with Gasteiger partial charge in [-0.15, -0.1) is 0 Å². The van der Waals surface area contributed by atoms with Crippen molar-refractivity contribution in [3.63, 3.8) is 0 Å². The van der Waals surface area contributed by atoms with E-state index in [1.54, 1.807) is 18.6 Å². The molecule has 3 heterocycles. The predicted octanol–water partition coefficient (Wildman–Crippen LogP) is 3.98. The van der Waals surface area contributed by atoms with Crippen LogP contribution in [0.15, 0.2) is 79.4 Å². The number of imidazole rings is 1. The second-order valence-electron chi connectivity index (χ2n) is 6.07. The quantitative estimate of drug-likeness (QED) is 0.526. The first-order valence-electron chi connectivity index (χ1n) is 8.32. The van der Waals surface area contributed by atoms with Crippen LogP contribution in [-0.4, -0.2) is 20.3 Å². The van der Waals surface area contributed by atoms with Crippen LogP contribution < -0.4 is 0 Å². The van der Waals surface area contributed by atoms with Gasteiger partial charge in [0.15, 0.2) is 11.8 Å². The van der Waals surface area contributed by atoms with Crippen molar-refractivity contribution in [2.75, 3.05) is 0 Å².